The molecular formula is C17H30N4O9. The van der Waals surface area contributed by atoms with Crippen LogP contribution in [-0.2, 0) is 24.0 Å². The predicted octanol–water partition coefficient (Wildman–Crippen LogP) is -2.46. The molecule has 172 valence electrons. The highest BCUT2D eigenvalue weighted by molar-refractivity contribution is 5.86. The van der Waals surface area contributed by atoms with E-state index < -0.39 is 56.1 Å². The number of nitrogens with two attached hydrogens (primary N) is 1. The van der Waals surface area contributed by atoms with Crippen LogP contribution in [-0.4, -0.2) is 130 Å². The Kier molecular flexibility index (Phi) is 13.1. The van der Waals surface area contributed by atoms with Crippen molar-refractivity contribution in [3.8, 4) is 0 Å². The van der Waals surface area contributed by atoms with Crippen LogP contribution in [0, 0.1) is 0 Å². The molecule has 0 amide bonds. The first-order valence-electron chi connectivity index (χ1n) is 9.27. The molecule has 0 aromatic rings. The van der Waals surface area contributed by atoms with E-state index in [4.69, 9.17) is 26.2 Å². The molecule has 0 bridgehead atoms. The van der Waals surface area contributed by atoms with Crippen LogP contribution < -0.4 is 5.73 Å². The molecule has 0 heterocycles. The Morgan fingerprint density at radius 2 is 0.933 bits per heavy atom. The van der Waals surface area contributed by atoms with Crippen LogP contribution in [0.3, 0.4) is 0 Å². The van der Waals surface area contributed by atoms with Gasteiger partial charge in [-0.25, -0.2) is 0 Å². The molecule has 0 spiro atoms. The lowest BCUT2D eigenvalue weighted by Crippen LogP contribution is -2.47. The Morgan fingerprint density at radius 3 is 1.27 bits per heavy atom. The van der Waals surface area contributed by atoms with Gasteiger partial charge in [0, 0.05) is 26.2 Å². The van der Waals surface area contributed by atoms with Crippen molar-refractivity contribution < 1.29 is 44.4 Å². The average molecular weight is 434 g/mol. The van der Waals surface area contributed by atoms with Crippen molar-refractivity contribution in [1.82, 2.24) is 14.7 Å². The Bertz CT molecular complexity index is 598. The van der Waals surface area contributed by atoms with E-state index in [2.05, 4.69) is 0 Å². The van der Waals surface area contributed by atoms with Crippen LogP contribution >= 0.6 is 0 Å². The molecular weight excluding hydrogens is 404 g/mol. The predicted molar refractivity (Wildman–Crippen MR) is 103 cm³/mol. The van der Waals surface area contributed by atoms with Gasteiger partial charge in [-0.1, -0.05) is 6.92 Å². The molecule has 0 saturated carbocycles. The fraction of sp³-hybridized carbons (Fsp3) is 0.706. The van der Waals surface area contributed by atoms with Gasteiger partial charge in [-0.2, -0.15) is 0 Å². The number of aliphatic carboxylic acids is 4. The number of Topliss-reactive ketones (excluding diaryl/α,β-unsaturated/α-hetero) is 1. The molecule has 0 saturated heterocycles. The second kappa shape index (κ2) is 14.4. The highest BCUT2D eigenvalue weighted by Gasteiger charge is 2.21. The molecule has 0 aliphatic carbocycles. The van der Waals surface area contributed by atoms with Gasteiger partial charge in [-0.3, -0.25) is 38.7 Å². The zero-order valence-electron chi connectivity index (χ0n) is 16.9. The van der Waals surface area contributed by atoms with E-state index in [1.165, 1.54) is 9.80 Å². The molecule has 0 aliphatic rings. The van der Waals surface area contributed by atoms with Gasteiger partial charge < -0.3 is 26.2 Å². The van der Waals surface area contributed by atoms with Crippen molar-refractivity contribution in [2.45, 2.75) is 19.4 Å². The number of nitrogens with zero attached hydrogens (tertiary/aromatic N) is 3. The van der Waals surface area contributed by atoms with E-state index in [9.17, 15) is 24.0 Å². The molecule has 0 rings (SSSR count). The van der Waals surface area contributed by atoms with Crippen molar-refractivity contribution in [1.29, 1.82) is 0 Å². The molecule has 0 fully saturated rings. The normalized spacial score (nSPS) is 12.3. The van der Waals surface area contributed by atoms with Crippen LogP contribution in [0.5, 0.6) is 0 Å². The van der Waals surface area contributed by atoms with E-state index in [0.29, 0.717) is 6.42 Å². The van der Waals surface area contributed by atoms with Crippen LogP contribution in [0.15, 0.2) is 0 Å². The van der Waals surface area contributed by atoms with Crippen molar-refractivity contribution in [3.05, 3.63) is 0 Å². The number of carbonyl (C=O) groups excluding carboxylic acids is 1. The Balaban J connectivity index is 5.02. The van der Waals surface area contributed by atoms with E-state index in [0.717, 1.165) is 4.90 Å². The number of hydrogen-bond donors (Lipinski definition) is 5. The van der Waals surface area contributed by atoms with Gasteiger partial charge in [0.2, 0.25) is 0 Å². The van der Waals surface area contributed by atoms with Gasteiger partial charge in [-0.05, 0) is 6.42 Å². The highest BCUT2D eigenvalue weighted by Crippen LogP contribution is 1.99. The quantitative estimate of drug-likeness (QED) is 0.152. The van der Waals surface area contributed by atoms with Gasteiger partial charge in [-0.15, -0.1) is 0 Å². The van der Waals surface area contributed by atoms with Crippen molar-refractivity contribution >= 4 is 29.7 Å². The summed E-state index contributed by atoms with van der Waals surface area (Å²) in [6.07, 6.45) is 0.397. The third kappa shape index (κ3) is 13.5. The number of rotatable bonds is 18. The van der Waals surface area contributed by atoms with Crippen LogP contribution in [0.1, 0.15) is 13.3 Å². The minimum atomic E-state index is -1.22. The molecule has 1 atom stereocenters. The van der Waals surface area contributed by atoms with Gasteiger partial charge in [0.1, 0.15) is 0 Å². The summed E-state index contributed by atoms with van der Waals surface area (Å²) < 4.78 is 0. The molecule has 6 N–H and O–H groups in total. The fourth-order valence-electron chi connectivity index (χ4n) is 2.59. The monoisotopic (exact) mass is 434 g/mol. The van der Waals surface area contributed by atoms with Crippen LogP contribution in [0.25, 0.3) is 0 Å². The minimum Gasteiger partial charge on any atom is -0.480 e. The van der Waals surface area contributed by atoms with Crippen LogP contribution in [0.2, 0.25) is 0 Å². The van der Waals surface area contributed by atoms with Gasteiger partial charge in [0.25, 0.3) is 0 Å². The minimum absolute atomic E-state index is 0.0234. The third-order valence-electron chi connectivity index (χ3n) is 4.13. The maximum Gasteiger partial charge on any atom is 0.317 e. The largest absolute Gasteiger partial charge is 0.480 e. The Morgan fingerprint density at radius 1 is 0.633 bits per heavy atom. The molecule has 0 radical (unpaired) electrons. The molecule has 1 unspecified atom stereocenters. The van der Waals surface area contributed by atoms with Crippen molar-refractivity contribution in [3.63, 3.8) is 0 Å². The summed E-state index contributed by atoms with van der Waals surface area (Å²) >= 11 is 0. The molecule has 0 aromatic heterocycles. The molecule has 0 aliphatic heterocycles. The second-order valence-corrected chi connectivity index (χ2v) is 6.75. The summed E-state index contributed by atoms with van der Waals surface area (Å²) in [6.45, 7) is -0.248. The standard InChI is InChI=1S/C17H30N4O9/c1-2-12(18)13(22)7-20(9-15(25)26)5-3-19(8-14(23)24)4-6-21(10-16(27)28)11-17(29)30/h12H,2-11,18H2,1H3,(H,23,24)(H,25,26)(H,27,28)(H,29,30). The van der Waals surface area contributed by atoms with Crippen LogP contribution in [0.4, 0.5) is 0 Å². The molecule has 13 nitrogen and oxygen atoms in total. The van der Waals surface area contributed by atoms with Crippen molar-refractivity contribution in [2.75, 3.05) is 58.9 Å². The van der Waals surface area contributed by atoms with Gasteiger partial charge in [0.15, 0.2) is 5.78 Å². The number of ketones is 1. The second-order valence-electron chi connectivity index (χ2n) is 6.75. The number of carbonyl (C=O) groups is 5. The lowest BCUT2D eigenvalue weighted by molar-refractivity contribution is -0.143. The van der Waals surface area contributed by atoms with E-state index >= 15 is 0 Å². The summed E-state index contributed by atoms with van der Waals surface area (Å²) in [7, 11) is 0. The summed E-state index contributed by atoms with van der Waals surface area (Å²) in [6, 6.07) is -0.725. The lowest BCUT2D eigenvalue weighted by atomic mass is 10.1. The maximum atomic E-state index is 12.0. The number of carboxylic acid groups (broad SMARTS) is 4. The summed E-state index contributed by atoms with van der Waals surface area (Å²) in [5, 5.41) is 35.9. The van der Waals surface area contributed by atoms with Gasteiger partial charge in [0.05, 0.1) is 38.8 Å². The summed E-state index contributed by atoms with van der Waals surface area (Å²) in [4.78, 5) is 59.8. The Labute approximate surface area is 173 Å². The smallest absolute Gasteiger partial charge is 0.317 e. The summed E-state index contributed by atoms with van der Waals surface area (Å²) in [5.74, 6) is -5.10. The SMILES string of the molecule is CCC(N)C(=O)CN(CCN(CCN(CC(=O)O)CC(=O)O)CC(=O)O)CC(=O)O. The first kappa shape index (κ1) is 27.4. The fourth-order valence-corrected chi connectivity index (χ4v) is 2.59. The first-order chi connectivity index (χ1) is 13.9. The summed E-state index contributed by atoms with van der Waals surface area (Å²) in [5.41, 5.74) is 5.66. The number of hydrogen-bond acceptors (Lipinski definition) is 9. The Hall–Kier alpha value is -2.61. The zero-order chi connectivity index (χ0) is 23.3. The van der Waals surface area contributed by atoms with Gasteiger partial charge >= 0.3 is 23.9 Å². The molecule has 13 heteroatoms. The third-order valence-corrected chi connectivity index (χ3v) is 4.13. The first-order valence-corrected chi connectivity index (χ1v) is 9.27. The lowest BCUT2D eigenvalue weighted by Gasteiger charge is -2.28. The molecule has 30 heavy (non-hydrogen) atoms. The maximum absolute atomic E-state index is 12.0. The number of carboxylic acids is 4. The van der Waals surface area contributed by atoms with Crippen molar-refractivity contribution in [2.24, 2.45) is 5.73 Å². The average Bonchev–Trinajstić information content (AvgIpc) is 2.60. The molecule has 0 aromatic carbocycles. The highest BCUT2D eigenvalue weighted by atomic mass is 16.4. The topological polar surface area (TPSA) is 202 Å². The van der Waals surface area contributed by atoms with E-state index in [1.807, 2.05) is 0 Å². The van der Waals surface area contributed by atoms with E-state index in [1.54, 1.807) is 6.92 Å². The zero-order valence-corrected chi connectivity index (χ0v) is 16.9. The van der Waals surface area contributed by atoms with E-state index in [-0.39, 0.29) is 38.5 Å².